The van der Waals surface area contributed by atoms with E-state index in [2.05, 4.69) is 31.2 Å². The molecule has 1 aliphatic carbocycles. The Balaban J connectivity index is 1.33. The van der Waals surface area contributed by atoms with Crippen molar-refractivity contribution in [3.05, 3.63) is 111 Å². The molecule has 0 bridgehead atoms. The standard InChI is InChI=1S/C29H23FN4O4/c1-36-24-3-2-10-34-23(27(17-5-6-17)32-28(24)34)12-16-4-8-20-18(11-16)15-37-25-13-19(30)7-9-21(25)22(20)14-26-31-29(35)38-33-26/h2-4,7-11,13-14,17H,5-6,12,15H2,1H3,(H,31,33,35). The van der Waals surface area contributed by atoms with Gasteiger partial charge in [-0.25, -0.2) is 14.2 Å². The zero-order valence-corrected chi connectivity index (χ0v) is 20.5. The highest BCUT2D eigenvalue weighted by Gasteiger charge is 2.31. The molecule has 9 heteroatoms. The Labute approximate surface area is 216 Å². The second-order valence-corrected chi connectivity index (χ2v) is 9.62. The SMILES string of the molecule is COc1cccn2c(Cc3ccc4c(c3)COc3cc(F)ccc3C4=Cc3noc(=O)[nH]3)c(C3CC3)nc12. The molecule has 0 amide bonds. The zero-order valence-electron chi connectivity index (χ0n) is 20.5. The fourth-order valence-electron chi connectivity index (χ4n) is 5.19. The van der Waals surface area contributed by atoms with Crippen molar-refractivity contribution in [1.82, 2.24) is 19.5 Å². The first kappa shape index (κ1) is 22.5. The van der Waals surface area contributed by atoms with Gasteiger partial charge in [0.2, 0.25) is 0 Å². The van der Waals surface area contributed by atoms with E-state index < -0.39 is 5.76 Å². The minimum Gasteiger partial charge on any atom is -0.493 e. The van der Waals surface area contributed by atoms with E-state index in [1.165, 1.54) is 12.1 Å². The fourth-order valence-corrected chi connectivity index (χ4v) is 5.19. The molecule has 7 rings (SSSR count). The van der Waals surface area contributed by atoms with E-state index >= 15 is 0 Å². The number of rotatable bonds is 5. The molecule has 5 aromatic rings. The molecule has 4 heterocycles. The van der Waals surface area contributed by atoms with Gasteiger partial charge in [0.05, 0.1) is 18.5 Å². The number of imidazole rings is 1. The van der Waals surface area contributed by atoms with E-state index in [4.69, 9.17) is 14.5 Å². The molecular formula is C29H23FN4O4. The summed E-state index contributed by atoms with van der Waals surface area (Å²) in [6.07, 6.45) is 6.72. The van der Waals surface area contributed by atoms with Crippen LogP contribution >= 0.6 is 0 Å². The molecule has 190 valence electrons. The minimum absolute atomic E-state index is 0.267. The lowest BCUT2D eigenvalue weighted by atomic mass is 9.92. The summed E-state index contributed by atoms with van der Waals surface area (Å²) >= 11 is 0. The van der Waals surface area contributed by atoms with Gasteiger partial charge in [0.15, 0.2) is 17.2 Å². The van der Waals surface area contributed by atoms with Crippen molar-refractivity contribution >= 4 is 17.3 Å². The van der Waals surface area contributed by atoms with Crippen LogP contribution in [0.15, 0.2) is 64.0 Å². The molecule has 1 saturated carbocycles. The smallest absolute Gasteiger partial charge is 0.439 e. The van der Waals surface area contributed by atoms with Crippen LogP contribution in [0.5, 0.6) is 11.5 Å². The Morgan fingerprint density at radius 2 is 2.05 bits per heavy atom. The number of hydrogen-bond acceptors (Lipinski definition) is 6. The summed E-state index contributed by atoms with van der Waals surface area (Å²) in [5.41, 5.74) is 7.50. The molecular weight excluding hydrogens is 487 g/mol. The van der Waals surface area contributed by atoms with Crippen LogP contribution in [0.3, 0.4) is 0 Å². The molecule has 8 nitrogen and oxygen atoms in total. The number of hydrogen-bond donors (Lipinski definition) is 1. The van der Waals surface area contributed by atoms with Crippen LogP contribution in [0.4, 0.5) is 4.39 Å². The third-order valence-electron chi connectivity index (χ3n) is 7.11. The predicted molar refractivity (Wildman–Crippen MR) is 138 cm³/mol. The third-order valence-corrected chi connectivity index (χ3v) is 7.11. The largest absolute Gasteiger partial charge is 0.493 e. The Kier molecular flexibility index (Phi) is 5.17. The van der Waals surface area contributed by atoms with Crippen molar-refractivity contribution in [3.8, 4) is 11.5 Å². The molecule has 0 atom stereocenters. The minimum atomic E-state index is -0.646. The summed E-state index contributed by atoms with van der Waals surface area (Å²) in [6.45, 7) is 0.267. The number of aromatic amines is 1. The molecule has 0 radical (unpaired) electrons. The number of benzene rings is 2. The van der Waals surface area contributed by atoms with Crippen molar-refractivity contribution < 1.29 is 18.4 Å². The highest BCUT2D eigenvalue weighted by Crippen LogP contribution is 2.43. The second kappa shape index (κ2) is 8.72. The lowest BCUT2D eigenvalue weighted by Gasteiger charge is -2.12. The van der Waals surface area contributed by atoms with Crippen LogP contribution in [0.1, 0.15) is 58.2 Å². The van der Waals surface area contributed by atoms with Crippen molar-refractivity contribution in [2.75, 3.05) is 7.11 Å². The average molecular weight is 511 g/mol. The van der Waals surface area contributed by atoms with Crippen LogP contribution in [-0.4, -0.2) is 26.6 Å². The molecule has 38 heavy (non-hydrogen) atoms. The van der Waals surface area contributed by atoms with E-state index in [0.29, 0.717) is 23.7 Å². The molecule has 3 aromatic heterocycles. The number of aromatic nitrogens is 4. The molecule has 2 aromatic carbocycles. The van der Waals surface area contributed by atoms with Gasteiger partial charge >= 0.3 is 5.76 Å². The molecule has 2 aliphatic rings. The van der Waals surface area contributed by atoms with Crippen LogP contribution in [-0.2, 0) is 13.0 Å². The number of fused-ring (bicyclic) bond motifs is 3. The van der Waals surface area contributed by atoms with Gasteiger partial charge in [-0.2, -0.15) is 0 Å². The first-order valence-corrected chi connectivity index (χ1v) is 12.4. The summed E-state index contributed by atoms with van der Waals surface area (Å²) in [7, 11) is 1.66. The van der Waals surface area contributed by atoms with Gasteiger partial charge in [-0.15, -0.1) is 0 Å². The van der Waals surface area contributed by atoms with Crippen molar-refractivity contribution in [1.29, 1.82) is 0 Å². The van der Waals surface area contributed by atoms with E-state index in [1.54, 1.807) is 19.3 Å². The maximum absolute atomic E-state index is 14.1. The number of halogens is 1. The molecule has 1 fully saturated rings. The summed E-state index contributed by atoms with van der Waals surface area (Å²) in [5, 5.41) is 3.79. The van der Waals surface area contributed by atoms with E-state index in [1.807, 2.05) is 24.4 Å². The predicted octanol–water partition coefficient (Wildman–Crippen LogP) is 5.11. The van der Waals surface area contributed by atoms with Crippen molar-refractivity contribution in [3.63, 3.8) is 0 Å². The fraction of sp³-hybridized carbons (Fsp3) is 0.207. The second-order valence-electron chi connectivity index (χ2n) is 9.62. The molecule has 0 spiro atoms. The molecule has 1 aliphatic heterocycles. The lowest BCUT2D eigenvalue weighted by molar-refractivity contribution is 0.305. The summed E-state index contributed by atoms with van der Waals surface area (Å²) in [6, 6.07) is 14.6. The van der Waals surface area contributed by atoms with E-state index in [9.17, 15) is 9.18 Å². The quantitative estimate of drug-likeness (QED) is 0.353. The summed E-state index contributed by atoms with van der Waals surface area (Å²) in [5.74, 6) is 0.882. The Morgan fingerprint density at radius 1 is 1.18 bits per heavy atom. The topological polar surface area (TPSA) is 94.6 Å². The van der Waals surface area contributed by atoms with Gasteiger partial charge in [0, 0.05) is 30.2 Å². The maximum atomic E-state index is 14.1. The normalized spacial score (nSPS) is 15.7. The molecule has 1 N–H and O–H groups in total. The summed E-state index contributed by atoms with van der Waals surface area (Å²) < 4.78 is 32.5. The van der Waals surface area contributed by atoms with Gasteiger partial charge < -0.3 is 13.9 Å². The number of pyridine rings is 1. The first-order chi connectivity index (χ1) is 18.6. The lowest BCUT2D eigenvalue weighted by Crippen LogP contribution is -2.02. The molecule has 0 unspecified atom stereocenters. The van der Waals surface area contributed by atoms with Gasteiger partial charge in [-0.05, 0) is 65.4 Å². The monoisotopic (exact) mass is 510 g/mol. The number of nitrogens with one attached hydrogen (secondary N) is 1. The molecule has 0 saturated heterocycles. The third kappa shape index (κ3) is 3.87. The van der Waals surface area contributed by atoms with Crippen LogP contribution in [0.2, 0.25) is 0 Å². The van der Waals surface area contributed by atoms with Gasteiger partial charge in [0.25, 0.3) is 0 Å². The number of methoxy groups -OCH3 is 1. The number of ether oxygens (including phenoxy) is 2. The van der Waals surface area contributed by atoms with Crippen LogP contribution in [0, 0.1) is 5.82 Å². The van der Waals surface area contributed by atoms with Crippen molar-refractivity contribution in [2.45, 2.75) is 31.8 Å². The number of H-pyrrole nitrogens is 1. The maximum Gasteiger partial charge on any atom is 0.439 e. The Morgan fingerprint density at radius 3 is 2.84 bits per heavy atom. The Bertz CT molecular complexity index is 1790. The van der Waals surface area contributed by atoms with E-state index in [-0.39, 0.29) is 18.2 Å². The van der Waals surface area contributed by atoms with Crippen molar-refractivity contribution in [2.24, 2.45) is 0 Å². The summed E-state index contributed by atoms with van der Waals surface area (Å²) in [4.78, 5) is 19.1. The van der Waals surface area contributed by atoms with Gasteiger partial charge in [-0.3, -0.25) is 9.51 Å². The van der Waals surface area contributed by atoms with Gasteiger partial charge in [0.1, 0.15) is 18.2 Å². The van der Waals surface area contributed by atoms with Crippen LogP contribution in [0.25, 0.3) is 17.3 Å². The number of nitrogens with zero attached hydrogens (tertiary/aromatic N) is 3. The average Bonchev–Trinajstić information content (AvgIpc) is 3.62. The van der Waals surface area contributed by atoms with E-state index in [0.717, 1.165) is 57.9 Å². The zero-order chi connectivity index (χ0) is 25.8. The first-order valence-electron chi connectivity index (χ1n) is 12.4. The Hall–Kier alpha value is -4.66. The van der Waals surface area contributed by atoms with Crippen LogP contribution < -0.4 is 15.2 Å². The van der Waals surface area contributed by atoms with Gasteiger partial charge in [-0.1, -0.05) is 23.4 Å². The highest BCUT2D eigenvalue weighted by atomic mass is 19.1. The highest BCUT2D eigenvalue weighted by molar-refractivity contribution is 5.93.